The Labute approximate surface area is 109 Å². The molecule has 0 saturated carbocycles. The van der Waals surface area contributed by atoms with Gasteiger partial charge in [-0.15, -0.1) is 6.42 Å². The topological polar surface area (TPSA) is 0 Å². The summed E-state index contributed by atoms with van der Waals surface area (Å²) >= 11 is 0. The van der Waals surface area contributed by atoms with E-state index in [0.717, 1.165) is 24.3 Å². The van der Waals surface area contributed by atoms with Gasteiger partial charge in [0.15, 0.2) is 0 Å². The van der Waals surface area contributed by atoms with E-state index in [1.807, 2.05) is 0 Å². The minimum absolute atomic E-state index is 0. The molecule has 0 atom stereocenters. The summed E-state index contributed by atoms with van der Waals surface area (Å²) < 4.78 is 0. The van der Waals surface area contributed by atoms with Gasteiger partial charge in [-0.1, -0.05) is 65.5 Å². The summed E-state index contributed by atoms with van der Waals surface area (Å²) in [7, 11) is 0. The van der Waals surface area contributed by atoms with Crippen molar-refractivity contribution < 1.29 is 0 Å². The van der Waals surface area contributed by atoms with Gasteiger partial charge in [-0.25, -0.2) is 0 Å². The largest absolute Gasteiger partial charge is 0.115 e. The number of terminal acetylenes is 1. The second-order valence-electron chi connectivity index (χ2n) is 4.34. The summed E-state index contributed by atoms with van der Waals surface area (Å²) in [5, 5.41) is 0. The lowest BCUT2D eigenvalue weighted by atomic mass is 10.00. The van der Waals surface area contributed by atoms with Crippen LogP contribution in [0.15, 0.2) is 23.3 Å². The molecule has 0 N–H and O–H groups in total. The van der Waals surface area contributed by atoms with E-state index in [1.54, 1.807) is 0 Å². The van der Waals surface area contributed by atoms with Crippen LogP contribution in [0.25, 0.3) is 0 Å². The predicted octanol–water partition coefficient (Wildman–Crippen LogP) is 5.75. The van der Waals surface area contributed by atoms with Crippen LogP contribution < -0.4 is 0 Å². The van der Waals surface area contributed by atoms with Crippen LogP contribution >= 0.6 is 0 Å². The third kappa shape index (κ3) is 7.86. The zero-order valence-electron chi connectivity index (χ0n) is 11.3. The van der Waals surface area contributed by atoms with E-state index >= 15 is 0 Å². The van der Waals surface area contributed by atoms with Gasteiger partial charge in [0.05, 0.1) is 0 Å². The van der Waals surface area contributed by atoms with E-state index < -0.39 is 0 Å². The van der Waals surface area contributed by atoms with E-state index in [4.69, 9.17) is 6.42 Å². The van der Waals surface area contributed by atoms with Crippen LogP contribution in [-0.2, 0) is 0 Å². The summed E-state index contributed by atoms with van der Waals surface area (Å²) in [6.07, 6.45) is 15.7. The molecule has 0 amide bonds. The molecule has 0 radical (unpaired) electrons. The molecule has 17 heavy (non-hydrogen) atoms. The van der Waals surface area contributed by atoms with Gasteiger partial charge in [0.1, 0.15) is 0 Å². The Bertz CT molecular complexity index is 263. The van der Waals surface area contributed by atoms with E-state index in [-0.39, 0.29) is 7.43 Å². The Balaban J connectivity index is 0. The molecule has 0 aromatic heterocycles. The van der Waals surface area contributed by atoms with Crippen LogP contribution in [0, 0.1) is 18.3 Å². The quantitative estimate of drug-likeness (QED) is 0.545. The molecule has 1 aliphatic rings. The van der Waals surface area contributed by atoms with Gasteiger partial charge in [0, 0.05) is 5.57 Å². The normalized spacial score (nSPS) is 13.6. The van der Waals surface area contributed by atoms with Crippen molar-refractivity contribution in [3.8, 4) is 12.3 Å². The smallest absolute Gasteiger partial charge is 0.00497 e. The Morgan fingerprint density at radius 2 is 1.76 bits per heavy atom. The Morgan fingerprint density at radius 1 is 1.24 bits per heavy atom. The van der Waals surface area contributed by atoms with Gasteiger partial charge >= 0.3 is 0 Å². The Kier molecular flexibility index (Phi) is 12.5. The van der Waals surface area contributed by atoms with Gasteiger partial charge in [-0.3, -0.25) is 0 Å². The van der Waals surface area contributed by atoms with Crippen molar-refractivity contribution in [1.29, 1.82) is 0 Å². The monoisotopic (exact) mass is 234 g/mol. The summed E-state index contributed by atoms with van der Waals surface area (Å²) in [6.45, 7) is 8.85. The molecule has 0 spiro atoms. The van der Waals surface area contributed by atoms with E-state index in [2.05, 4.69) is 45.8 Å². The lowest BCUT2D eigenvalue weighted by Crippen LogP contribution is -1.91. The van der Waals surface area contributed by atoms with Crippen molar-refractivity contribution in [2.24, 2.45) is 5.92 Å². The fourth-order valence-electron chi connectivity index (χ4n) is 1.84. The fraction of sp³-hybridized carbons (Fsp3) is 0.647. The molecule has 0 aromatic carbocycles. The lowest BCUT2D eigenvalue weighted by Gasteiger charge is -2.05. The highest BCUT2D eigenvalue weighted by molar-refractivity contribution is 5.38. The average Bonchev–Trinajstić information content (AvgIpc) is 2.33. The molecule has 0 unspecified atom stereocenters. The van der Waals surface area contributed by atoms with Crippen LogP contribution in [-0.4, -0.2) is 0 Å². The second kappa shape index (κ2) is 11.5. The molecule has 1 rings (SSSR count). The molecule has 0 heterocycles. The van der Waals surface area contributed by atoms with E-state index in [9.17, 15) is 0 Å². The zero-order valence-corrected chi connectivity index (χ0v) is 11.3. The highest BCUT2D eigenvalue weighted by Crippen LogP contribution is 2.16. The lowest BCUT2D eigenvalue weighted by molar-refractivity contribution is 0.477. The molecular formula is C17H30. The maximum atomic E-state index is 5.25. The van der Waals surface area contributed by atoms with Gasteiger partial charge in [-0.2, -0.15) is 0 Å². The summed E-state index contributed by atoms with van der Waals surface area (Å²) in [4.78, 5) is 0. The standard InChI is InChI=1S/C9H10.C7H16.CH4/c1-3-9-7-5-4-6-8(9)2;1-4-7(5-2)6-3;/h1,4,6H,5,7H2,2H3;7H,4-6H2,1-3H3;1H4. The predicted molar refractivity (Wildman–Crippen MR) is 81.0 cm³/mol. The van der Waals surface area contributed by atoms with E-state index in [1.165, 1.54) is 24.8 Å². The van der Waals surface area contributed by atoms with Crippen molar-refractivity contribution in [2.45, 2.75) is 67.2 Å². The molecular weight excluding hydrogens is 204 g/mol. The van der Waals surface area contributed by atoms with Crippen LogP contribution in [0.3, 0.4) is 0 Å². The maximum Gasteiger partial charge on any atom is 0.00497 e. The number of rotatable bonds is 3. The van der Waals surface area contributed by atoms with Gasteiger partial charge in [-0.05, 0) is 31.3 Å². The third-order valence-electron chi connectivity index (χ3n) is 3.31. The molecule has 0 aromatic rings. The highest BCUT2D eigenvalue weighted by atomic mass is 14.0. The Morgan fingerprint density at radius 3 is 2.00 bits per heavy atom. The first-order valence-corrected chi connectivity index (χ1v) is 6.52. The minimum Gasteiger partial charge on any atom is -0.115 e. The molecule has 1 aliphatic carbocycles. The van der Waals surface area contributed by atoms with Crippen molar-refractivity contribution in [3.05, 3.63) is 23.3 Å². The summed E-state index contributed by atoms with van der Waals surface area (Å²) in [6, 6.07) is 0. The molecule has 0 aliphatic heterocycles. The van der Waals surface area contributed by atoms with Crippen molar-refractivity contribution >= 4 is 0 Å². The molecule has 0 fully saturated rings. The first-order valence-electron chi connectivity index (χ1n) is 6.52. The fourth-order valence-corrected chi connectivity index (χ4v) is 1.84. The molecule has 98 valence electrons. The third-order valence-corrected chi connectivity index (χ3v) is 3.31. The first kappa shape index (κ1) is 18.4. The van der Waals surface area contributed by atoms with Gasteiger partial charge in [0.2, 0.25) is 0 Å². The molecule has 0 bridgehead atoms. The zero-order chi connectivity index (χ0) is 12.4. The van der Waals surface area contributed by atoms with Gasteiger partial charge < -0.3 is 0 Å². The van der Waals surface area contributed by atoms with Crippen LogP contribution in [0.5, 0.6) is 0 Å². The van der Waals surface area contributed by atoms with Crippen molar-refractivity contribution in [2.75, 3.05) is 0 Å². The summed E-state index contributed by atoms with van der Waals surface area (Å²) in [5.41, 5.74) is 2.42. The minimum atomic E-state index is 0. The SMILES string of the molecule is C.C#CC1=C(C)C=CCC1.CCC(CC)CC. The van der Waals surface area contributed by atoms with Crippen LogP contribution in [0.2, 0.25) is 0 Å². The summed E-state index contributed by atoms with van der Waals surface area (Å²) in [5.74, 6) is 3.67. The van der Waals surface area contributed by atoms with E-state index in [0.29, 0.717) is 0 Å². The Hall–Kier alpha value is -0.960. The van der Waals surface area contributed by atoms with Crippen molar-refractivity contribution in [3.63, 3.8) is 0 Å². The highest BCUT2D eigenvalue weighted by Gasteiger charge is 1.99. The molecule has 0 heteroatoms. The van der Waals surface area contributed by atoms with Gasteiger partial charge in [0.25, 0.3) is 0 Å². The molecule has 0 nitrogen and oxygen atoms in total. The average molecular weight is 234 g/mol. The van der Waals surface area contributed by atoms with Crippen LogP contribution in [0.4, 0.5) is 0 Å². The van der Waals surface area contributed by atoms with Crippen molar-refractivity contribution in [1.82, 2.24) is 0 Å². The molecule has 0 saturated heterocycles. The number of allylic oxidation sites excluding steroid dienone is 4. The maximum absolute atomic E-state index is 5.25. The number of hydrogen-bond acceptors (Lipinski definition) is 0. The van der Waals surface area contributed by atoms with Crippen LogP contribution in [0.1, 0.15) is 67.2 Å². The second-order valence-corrected chi connectivity index (χ2v) is 4.34. The number of hydrogen-bond donors (Lipinski definition) is 0. The first-order chi connectivity index (χ1) is 7.69.